The number of hydrogen-bond donors (Lipinski definition) is 1. The molecule has 0 aliphatic heterocycles. The highest BCUT2D eigenvalue weighted by Crippen LogP contribution is 2.26. The van der Waals surface area contributed by atoms with Crippen LogP contribution in [0.15, 0.2) is 62.7 Å². The monoisotopic (exact) mass is 459 g/mol. The fourth-order valence-corrected chi connectivity index (χ4v) is 3.26. The maximum atomic E-state index is 12.9. The van der Waals surface area contributed by atoms with E-state index in [0.717, 1.165) is 5.56 Å². The summed E-state index contributed by atoms with van der Waals surface area (Å²) in [5.74, 6) is 0.952. The quantitative estimate of drug-likeness (QED) is 0.375. The fraction of sp³-hybridized carbons (Fsp3) is 0.150. The molecule has 0 saturated carbocycles. The zero-order chi connectivity index (χ0) is 21.6. The summed E-state index contributed by atoms with van der Waals surface area (Å²) in [5.41, 5.74) is 1.29. The summed E-state index contributed by atoms with van der Waals surface area (Å²) >= 11 is 7.15. The number of carbonyl (C=O) groups is 1. The number of nitrogens with one attached hydrogen (secondary N) is 1. The van der Waals surface area contributed by atoms with Crippen LogP contribution in [0.4, 0.5) is 10.1 Å². The van der Waals surface area contributed by atoms with E-state index in [4.69, 9.17) is 20.5 Å². The van der Waals surface area contributed by atoms with Crippen molar-refractivity contribution < 1.29 is 18.1 Å². The molecule has 0 unspecified atom stereocenters. The van der Waals surface area contributed by atoms with Crippen LogP contribution in [0.5, 0.6) is 0 Å². The number of aromatic nitrogens is 4. The SMILES string of the molecule is O=C(CCc1nc(CSc2nnc(-c3ccc(Cl)cc3)o2)no1)Nc1ccc(F)cc1. The maximum Gasteiger partial charge on any atom is 0.277 e. The van der Waals surface area contributed by atoms with Crippen LogP contribution < -0.4 is 5.32 Å². The zero-order valence-electron chi connectivity index (χ0n) is 15.9. The summed E-state index contributed by atoms with van der Waals surface area (Å²) in [6.07, 6.45) is 0.437. The van der Waals surface area contributed by atoms with E-state index in [2.05, 4.69) is 25.7 Å². The number of nitrogens with zero attached hydrogens (tertiary/aromatic N) is 4. The molecule has 2 aromatic heterocycles. The second-order valence-electron chi connectivity index (χ2n) is 6.33. The number of hydrogen-bond acceptors (Lipinski definition) is 8. The van der Waals surface area contributed by atoms with Crippen molar-refractivity contribution in [3.05, 3.63) is 71.1 Å². The van der Waals surface area contributed by atoms with Crippen LogP contribution in [0.2, 0.25) is 5.02 Å². The van der Waals surface area contributed by atoms with Crippen LogP contribution in [-0.2, 0) is 17.0 Å². The first-order valence-corrected chi connectivity index (χ1v) is 10.5. The van der Waals surface area contributed by atoms with Gasteiger partial charge in [0.25, 0.3) is 5.22 Å². The highest BCUT2D eigenvalue weighted by molar-refractivity contribution is 7.98. The highest BCUT2D eigenvalue weighted by Gasteiger charge is 2.13. The van der Waals surface area contributed by atoms with Crippen molar-refractivity contribution in [3.63, 3.8) is 0 Å². The van der Waals surface area contributed by atoms with Crippen LogP contribution in [0, 0.1) is 5.82 Å². The van der Waals surface area contributed by atoms with Crippen LogP contribution in [0.1, 0.15) is 18.1 Å². The average molecular weight is 460 g/mol. The summed E-state index contributed by atoms with van der Waals surface area (Å²) in [6, 6.07) is 12.6. The Morgan fingerprint density at radius 3 is 2.65 bits per heavy atom. The van der Waals surface area contributed by atoms with Crippen molar-refractivity contribution in [2.24, 2.45) is 0 Å². The van der Waals surface area contributed by atoms with E-state index in [1.54, 1.807) is 24.3 Å². The standard InChI is InChI=1S/C20H15ClFN5O3S/c21-13-3-1-12(2-4-13)19-25-26-20(29-19)31-11-16-24-18(30-27-16)10-9-17(28)23-15-7-5-14(22)6-8-15/h1-8H,9-11H2,(H,23,28). The van der Waals surface area contributed by atoms with Crippen molar-refractivity contribution >= 4 is 35.0 Å². The van der Waals surface area contributed by atoms with Gasteiger partial charge in [0.1, 0.15) is 5.82 Å². The predicted octanol–water partition coefficient (Wildman–Crippen LogP) is 4.78. The molecular formula is C20H15ClFN5O3S. The molecule has 0 fully saturated rings. The molecule has 2 heterocycles. The Bertz CT molecular complexity index is 1160. The van der Waals surface area contributed by atoms with Crippen molar-refractivity contribution in [1.29, 1.82) is 0 Å². The smallest absolute Gasteiger partial charge is 0.277 e. The van der Waals surface area contributed by atoms with Gasteiger partial charge in [-0.3, -0.25) is 4.79 Å². The number of halogens is 2. The molecule has 0 saturated heterocycles. The summed E-state index contributed by atoms with van der Waals surface area (Å²) in [7, 11) is 0. The third-order valence-corrected chi connectivity index (χ3v) is 5.09. The zero-order valence-corrected chi connectivity index (χ0v) is 17.5. The maximum absolute atomic E-state index is 12.9. The van der Waals surface area contributed by atoms with E-state index in [-0.39, 0.29) is 24.6 Å². The predicted molar refractivity (Wildman–Crippen MR) is 112 cm³/mol. The van der Waals surface area contributed by atoms with Gasteiger partial charge in [-0.25, -0.2) is 4.39 Å². The molecular weight excluding hydrogens is 445 g/mol. The van der Waals surface area contributed by atoms with Gasteiger partial charge >= 0.3 is 0 Å². The molecule has 0 aliphatic rings. The summed E-state index contributed by atoms with van der Waals surface area (Å²) in [6.45, 7) is 0. The number of amides is 1. The van der Waals surface area contributed by atoms with E-state index in [1.165, 1.54) is 36.0 Å². The normalized spacial score (nSPS) is 10.9. The minimum Gasteiger partial charge on any atom is -0.411 e. The molecule has 4 aromatic rings. The third-order valence-electron chi connectivity index (χ3n) is 4.03. The minimum absolute atomic E-state index is 0.153. The Morgan fingerprint density at radius 1 is 1.10 bits per heavy atom. The van der Waals surface area contributed by atoms with Gasteiger partial charge in [0.15, 0.2) is 5.82 Å². The van der Waals surface area contributed by atoms with Crippen molar-refractivity contribution in [1.82, 2.24) is 20.3 Å². The molecule has 158 valence electrons. The van der Waals surface area contributed by atoms with Gasteiger partial charge in [-0.05, 0) is 48.5 Å². The van der Waals surface area contributed by atoms with Crippen LogP contribution >= 0.6 is 23.4 Å². The molecule has 0 aliphatic carbocycles. The molecule has 1 N–H and O–H groups in total. The Balaban J connectivity index is 1.25. The second kappa shape index (κ2) is 9.71. The number of benzene rings is 2. The van der Waals surface area contributed by atoms with Crippen LogP contribution in [0.3, 0.4) is 0 Å². The molecule has 1 amide bonds. The van der Waals surface area contributed by atoms with E-state index in [9.17, 15) is 9.18 Å². The lowest BCUT2D eigenvalue weighted by Crippen LogP contribution is -2.12. The van der Waals surface area contributed by atoms with E-state index in [1.807, 2.05) is 0 Å². The number of carbonyl (C=O) groups excluding carboxylic acids is 1. The Kier molecular flexibility index (Phi) is 6.58. The highest BCUT2D eigenvalue weighted by atomic mass is 35.5. The van der Waals surface area contributed by atoms with Crippen molar-refractivity contribution in [2.75, 3.05) is 5.32 Å². The second-order valence-corrected chi connectivity index (χ2v) is 7.69. The third kappa shape index (κ3) is 5.89. The number of anilines is 1. The van der Waals surface area contributed by atoms with E-state index < -0.39 is 0 Å². The minimum atomic E-state index is -0.365. The summed E-state index contributed by atoms with van der Waals surface area (Å²) in [5, 5.41) is 15.6. The van der Waals surface area contributed by atoms with Gasteiger partial charge in [0.2, 0.25) is 17.7 Å². The molecule has 2 aromatic carbocycles. The Hall–Kier alpha value is -3.24. The molecule has 0 radical (unpaired) electrons. The molecule has 0 atom stereocenters. The van der Waals surface area contributed by atoms with Gasteiger partial charge < -0.3 is 14.3 Å². The van der Waals surface area contributed by atoms with Crippen molar-refractivity contribution in [2.45, 2.75) is 23.8 Å². The van der Waals surface area contributed by atoms with Gasteiger partial charge in [0, 0.05) is 29.1 Å². The van der Waals surface area contributed by atoms with Gasteiger partial charge in [0.05, 0.1) is 5.75 Å². The molecule has 11 heteroatoms. The topological polar surface area (TPSA) is 107 Å². The van der Waals surface area contributed by atoms with Crippen LogP contribution in [-0.4, -0.2) is 26.2 Å². The first kappa shape index (κ1) is 21.0. The van der Waals surface area contributed by atoms with Crippen LogP contribution in [0.25, 0.3) is 11.5 Å². The summed E-state index contributed by atoms with van der Waals surface area (Å²) in [4.78, 5) is 16.3. The van der Waals surface area contributed by atoms with Gasteiger partial charge in [-0.2, -0.15) is 4.98 Å². The van der Waals surface area contributed by atoms with Crippen molar-refractivity contribution in [3.8, 4) is 11.5 Å². The van der Waals surface area contributed by atoms with E-state index in [0.29, 0.717) is 39.3 Å². The number of thioether (sulfide) groups is 1. The lowest BCUT2D eigenvalue weighted by atomic mass is 10.2. The molecule has 4 rings (SSSR count). The molecule has 31 heavy (non-hydrogen) atoms. The Morgan fingerprint density at radius 2 is 1.87 bits per heavy atom. The molecule has 0 bridgehead atoms. The molecule has 0 spiro atoms. The first-order valence-electron chi connectivity index (χ1n) is 9.14. The number of aryl methyl sites for hydroxylation is 1. The first-order chi connectivity index (χ1) is 15.0. The van der Waals surface area contributed by atoms with Gasteiger partial charge in [-0.15, -0.1) is 10.2 Å². The lowest BCUT2D eigenvalue weighted by molar-refractivity contribution is -0.116. The average Bonchev–Trinajstić information content (AvgIpc) is 3.42. The fourth-order valence-electron chi connectivity index (χ4n) is 2.53. The number of rotatable bonds is 8. The van der Waals surface area contributed by atoms with Gasteiger partial charge in [-0.1, -0.05) is 28.5 Å². The summed E-state index contributed by atoms with van der Waals surface area (Å²) < 4.78 is 23.7. The Labute approximate surface area is 185 Å². The van der Waals surface area contributed by atoms with E-state index >= 15 is 0 Å². The largest absolute Gasteiger partial charge is 0.411 e. The lowest BCUT2D eigenvalue weighted by Gasteiger charge is -2.03. The molecule has 8 nitrogen and oxygen atoms in total.